The van der Waals surface area contributed by atoms with E-state index in [1.807, 2.05) is 0 Å². The van der Waals surface area contributed by atoms with Crippen molar-refractivity contribution in [3.05, 3.63) is 5.89 Å². The molecule has 3 heterocycles. The van der Waals surface area contributed by atoms with E-state index in [1.54, 1.807) is 11.8 Å². The maximum Gasteiger partial charge on any atom is 0.318 e. The SMILES string of the molecule is Cc1nnc(N2CC(CNC(=O)CC3CC(C)(C)CO3)(C(N)=O)C2)o1. The normalized spacial score (nSPS) is 24.0. The van der Waals surface area contributed by atoms with Gasteiger partial charge in [-0.2, -0.15) is 0 Å². The Kier molecular flexibility index (Phi) is 4.44. The molecule has 0 radical (unpaired) electrons. The number of nitrogens with zero attached hydrogens (tertiary/aromatic N) is 3. The largest absolute Gasteiger partial charge is 0.408 e. The zero-order valence-electron chi connectivity index (χ0n) is 14.9. The molecule has 1 aromatic heterocycles. The van der Waals surface area contributed by atoms with Crippen LogP contribution in [0.15, 0.2) is 4.42 Å². The number of primary amides is 1. The summed E-state index contributed by atoms with van der Waals surface area (Å²) in [5, 5.41) is 10.5. The molecule has 0 saturated carbocycles. The highest BCUT2D eigenvalue weighted by Crippen LogP contribution is 2.34. The van der Waals surface area contributed by atoms with Gasteiger partial charge in [-0.05, 0) is 11.8 Å². The van der Waals surface area contributed by atoms with Crippen molar-refractivity contribution in [1.82, 2.24) is 15.5 Å². The summed E-state index contributed by atoms with van der Waals surface area (Å²) in [6.45, 7) is 7.48. The zero-order chi connectivity index (χ0) is 18.2. The number of aryl methyl sites for hydroxylation is 1. The molecule has 2 fully saturated rings. The van der Waals surface area contributed by atoms with Crippen LogP contribution in [0, 0.1) is 17.8 Å². The Labute approximate surface area is 146 Å². The molecule has 0 aromatic carbocycles. The number of ether oxygens (including phenoxy) is 1. The first-order valence-electron chi connectivity index (χ1n) is 8.42. The second-order valence-corrected chi connectivity index (χ2v) is 7.89. The molecule has 9 heteroatoms. The molecule has 2 saturated heterocycles. The Morgan fingerprint density at radius 3 is 2.60 bits per heavy atom. The molecule has 138 valence electrons. The number of hydrogen-bond acceptors (Lipinski definition) is 7. The predicted octanol–water partition coefficient (Wildman–Crippen LogP) is -0.00888. The Balaban J connectivity index is 1.50. The van der Waals surface area contributed by atoms with E-state index < -0.39 is 11.3 Å². The number of carbonyl (C=O) groups excluding carboxylic acids is 2. The molecule has 0 bridgehead atoms. The van der Waals surface area contributed by atoms with E-state index in [4.69, 9.17) is 14.9 Å². The van der Waals surface area contributed by atoms with Gasteiger partial charge in [0.15, 0.2) is 0 Å². The van der Waals surface area contributed by atoms with Crippen molar-refractivity contribution in [2.75, 3.05) is 31.1 Å². The van der Waals surface area contributed by atoms with Crippen molar-refractivity contribution < 1.29 is 18.7 Å². The fourth-order valence-corrected chi connectivity index (χ4v) is 3.34. The lowest BCUT2D eigenvalue weighted by atomic mass is 9.79. The van der Waals surface area contributed by atoms with Gasteiger partial charge in [-0.15, -0.1) is 5.10 Å². The van der Waals surface area contributed by atoms with Gasteiger partial charge in [-0.25, -0.2) is 0 Å². The minimum Gasteiger partial charge on any atom is -0.408 e. The first-order valence-corrected chi connectivity index (χ1v) is 8.42. The van der Waals surface area contributed by atoms with Gasteiger partial charge >= 0.3 is 6.01 Å². The van der Waals surface area contributed by atoms with Crippen LogP contribution in [0.3, 0.4) is 0 Å². The third-order valence-corrected chi connectivity index (χ3v) is 4.82. The van der Waals surface area contributed by atoms with Gasteiger partial charge in [0.25, 0.3) is 0 Å². The number of anilines is 1. The summed E-state index contributed by atoms with van der Waals surface area (Å²) in [5.41, 5.74) is 4.85. The van der Waals surface area contributed by atoms with Crippen molar-refractivity contribution in [2.45, 2.75) is 39.7 Å². The number of rotatable bonds is 6. The third-order valence-electron chi connectivity index (χ3n) is 4.82. The number of aromatic nitrogens is 2. The first kappa shape index (κ1) is 17.7. The fraction of sp³-hybridized carbons (Fsp3) is 0.750. The van der Waals surface area contributed by atoms with Crippen LogP contribution in [0.4, 0.5) is 6.01 Å². The van der Waals surface area contributed by atoms with E-state index in [2.05, 4.69) is 29.4 Å². The first-order chi connectivity index (χ1) is 11.7. The number of hydrogen-bond donors (Lipinski definition) is 2. The number of carbonyl (C=O) groups is 2. The summed E-state index contributed by atoms with van der Waals surface area (Å²) < 4.78 is 11.0. The molecular weight excluding hydrogens is 326 g/mol. The second kappa shape index (κ2) is 6.29. The van der Waals surface area contributed by atoms with Crippen LogP contribution in [0.25, 0.3) is 0 Å². The van der Waals surface area contributed by atoms with Gasteiger partial charge in [0, 0.05) is 26.6 Å². The minimum atomic E-state index is -0.812. The highest BCUT2D eigenvalue weighted by molar-refractivity contribution is 5.86. The van der Waals surface area contributed by atoms with Gasteiger partial charge in [0.2, 0.25) is 17.7 Å². The molecule has 1 unspecified atom stereocenters. The zero-order valence-corrected chi connectivity index (χ0v) is 14.9. The average Bonchev–Trinajstić information content (AvgIpc) is 3.03. The highest BCUT2D eigenvalue weighted by atomic mass is 16.5. The van der Waals surface area contributed by atoms with Gasteiger partial charge in [-0.1, -0.05) is 18.9 Å². The van der Waals surface area contributed by atoms with Crippen LogP contribution in [-0.2, 0) is 14.3 Å². The Morgan fingerprint density at radius 1 is 1.36 bits per heavy atom. The van der Waals surface area contributed by atoms with E-state index in [0.717, 1.165) is 6.42 Å². The van der Waals surface area contributed by atoms with Crippen molar-refractivity contribution in [2.24, 2.45) is 16.6 Å². The van der Waals surface area contributed by atoms with E-state index in [-0.39, 0.29) is 24.0 Å². The van der Waals surface area contributed by atoms with Crippen molar-refractivity contribution in [3.63, 3.8) is 0 Å². The number of amides is 2. The Bertz CT molecular complexity index is 665. The summed E-state index contributed by atoms with van der Waals surface area (Å²) in [4.78, 5) is 25.8. The smallest absolute Gasteiger partial charge is 0.318 e. The van der Waals surface area contributed by atoms with Gasteiger partial charge in [-0.3, -0.25) is 9.59 Å². The maximum atomic E-state index is 12.2. The van der Waals surface area contributed by atoms with Crippen molar-refractivity contribution in [3.8, 4) is 0 Å². The molecule has 1 aromatic rings. The Morgan fingerprint density at radius 2 is 2.08 bits per heavy atom. The van der Waals surface area contributed by atoms with Crippen LogP contribution in [0.1, 0.15) is 32.6 Å². The van der Waals surface area contributed by atoms with Crippen LogP contribution < -0.4 is 16.0 Å². The van der Waals surface area contributed by atoms with Crippen LogP contribution in [0.2, 0.25) is 0 Å². The molecule has 3 N–H and O–H groups in total. The Hall–Kier alpha value is -2.16. The standard InChI is InChI=1S/C16H25N5O4/c1-10-19-20-14(25-10)21-7-16(8-21,13(17)23)6-18-12(22)4-11-5-15(2,3)9-24-11/h11H,4-9H2,1-3H3,(H2,17,23)(H,18,22). The lowest BCUT2D eigenvalue weighted by Gasteiger charge is -2.46. The van der Waals surface area contributed by atoms with Crippen LogP contribution in [-0.4, -0.2) is 54.4 Å². The quantitative estimate of drug-likeness (QED) is 0.739. The maximum absolute atomic E-state index is 12.2. The topological polar surface area (TPSA) is 124 Å². The average molecular weight is 351 g/mol. The van der Waals surface area contributed by atoms with Gasteiger partial charge in [0.05, 0.1) is 19.1 Å². The molecular formula is C16H25N5O4. The lowest BCUT2D eigenvalue weighted by molar-refractivity contribution is -0.130. The minimum absolute atomic E-state index is 0.0706. The monoisotopic (exact) mass is 351 g/mol. The molecule has 0 aliphatic carbocycles. The predicted molar refractivity (Wildman–Crippen MR) is 88.6 cm³/mol. The summed E-state index contributed by atoms with van der Waals surface area (Å²) in [6.07, 6.45) is 1.08. The fourth-order valence-electron chi connectivity index (χ4n) is 3.34. The second-order valence-electron chi connectivity index (χ2n) is 7.89. The summed E-state index contributed by atoms with van der Waals surface area (Å²) in [5.74, 6) is -0.117. The number of nitrogens with two attached hydrogens (primary N) is 1. The molecule has 3 rings (SSSR count). The van der Waals surface area contributed by atoms with Crippen molar-refractivity contribution >= 4 is 17.8 Å². The van der Waals surface area contributed by atoms with Crippen LogP contribution in [0.5, 0.6) is 0 Å². The van der Waals surface area contributed by atoms with Gasteiger partial charge in [0.1, 0.15) is 5.41 Å². The molecule has 2 aliphatic heterocycles. The van der Waals surface area contributed by atoms with Crippen molar-refractivity contribution in [1.29, 1.82) is 0 Å². The molecule has 9 nitrogen and oxygen atoms in total. The van der Waals surface area contributed by atoms with E-state index >= 15 is 0 Å². The van der Waals surface area contributed by atoms with E-state index in [0.29, 0.717) is 38.0 Å². The molecule has 25 heavy (non-hydrogen) atoms. The highest BCUT2D eigenvalue weighted by Gasteiger charge is 2.50. The molecule has 1 atom stereocenters. The number of nitrogens with one attached hydrogen (secondary N) is 1. The molecule has 2 aliphatic rings. The summed E-state index contributed by atoms with van der Waals surface area (Å²) in [6, 6.07) is 0.363. The van der Waals surface area contributed by atoms with E-state index in [9.17, 15) is 9.59 Å². The molecule has 2 amide bonds. The van der Waals surface area contributed by atoms with Gasteiger partial charge < -0.3 is 25.1 Å². The summed E-state index contributed by atoms with van der Waals surface area (Å²) in [7, 11) is 0. The van der Waals surface area contributed by atoms with Crippen LogP contribution >= 0.6 is 0 Å². The lowest BCUT2D eigenvalue weighted by Crippen LogP contribution is -2.67. The third kappa shape index (κ3) is 3.76. The summed E-state index contributed by atoms with van der Waals surface area (Å²) >= 11 is 0. The van der Waals surface area contributed by atoms with E-state index in [1.165, 1.54) is 0 Å². The molecule has 0 spiro atoms.